The molecule has 2 N–H and O–H groups in total. The Bertz CT molecular complexity index is 562. The number of aromatic carboxylic acids is 1. The van der Waals surface area contributed by atoms with Gasteiger partial charge in [-0.05, 0) is 37.1 Å². The van der Waals surface area contributed by atoms with Gasteiger partial charge in [0.15, 0.2) is 0 Å². The first kappa shape index (κ1) is 15.3. The van der Waals surface area contributed by atoms with Gasteiger partial charge in [0.1, 0.15) is 5.76 Å². The third-order valence-electron chi connectivity index (χ3n) is 3.44. The van der Waals surface area contributed by atoms with Crippen molar-refractivity contribution in [2.75, 3.05) is 13.1 Å². The van der Waals surface area contributed by atoms with Gasteiger partial charge < -0.3 is 14.8 Å². The zero-order valence-corrected chi connectivity index (χ0v) is 12.2. The molecule has 0 amide bonds. The zero-order chi connectivity index (χ0) is 15.1. The fourth-order valence-corrected chi connectivity index (χ4v) is 2.21. The summed E-state index contributed by atoms with van der Waals surface area (Å²) in [6.07, 6.45) is 2.14. The van der Waals surface area contributed by atoms with Crippen molar-refractivity contribution in [1.29, 1.82) is 0 Å². The summed E-state index contributed by atoms with van der Waals surface area (Å²) in [5.41, 5.74) is 1.35. The SMILES string of the molecule is CC(CNCCCc1ccccc1)c1ccc(C(=O)O)o1. The van der Waals surface area contributed by atoms with Gasteiger partial charge >= 0.3 is 5.97 Å². The van der Waals surface area contributed by atoms with Gasteiger partial charge in [-0.1, -0.05) is 37.3 Å². The maximum atomic E-state index is 10.8. The third kappa shape index (κ3) is 4.76. The number of carboxylic acid groups (broad SMARTS) is 1. The van der Waals surface area contributed by atoms with E-state index in [0.717, 1.165) is 25.9 Å². The van der Waals surface area contributed by atoms with E-state index in [-0.39, 0.29) is 11.7 Å². The van der Waals surface area contributed by atoms with Crippen LogP contribution in [0.3, 0.4) is 0 Å². The number of aryl methyl sites for hydroxylation is 1. The summed E-state index contributed by atoms with van der Waals surface area (Å²) in [4.78, 5) is 10.8. The van der Waals surface area contributed by atoms with Crippen molar-refractivity contribution in [2.24, 2.45) is 0 Å². The van der Waals surface area contributed by atoms with Gasteiger partial charge in [0.25, 0.3) is 0 Å². The first-order chi connectivity index (χ1) is 10.2. The largest absolute Gasteiger partial charge is 0.475 e. The van der Waals surface area contributed by atoms with Crippen LogP contribution in [0.1, 0.15) is 41.1 Å². The highest BCUT2D eigenvalue weighted by Gasteiger charge is 2.13. The lowest BCUT2D eigenvalue weighted by Crippen LogP contribution is -2.21. The molecule has 1 unspecified atom stereocenters. The van der Waals surface area contributed by atoms with E-state index in [9.17, 15) is 4.79 Å². The van der Waals surface area contributed by atoms with Gasteiger partial charge in [0.05, 0.1) is 0 Å². The summed E-state index contributed by atoms with van der Waals surface area (Å²) in [6, 6.07) is 13.7. The minimum Gasteiger partial charge on any atom is -0.475 e. The average Bonchev–Trinajstić information content (AvgIpc) is 2.98. The summed E-state index contributed by atoms with van der Waals surface area (Å²) in [6.45, 7) is 3.74. The summed E-state index contributed by atoms with van der Waals surface area (Å²) in [5.74, 6) is -0.150. The van der Waals surface area contributed by atoms with Gasteiger partial charge in [-0.15, -0.1) is 0 Å². The molecule has 0 aliphatic rings. The average molecular weight is 287 g/mol. The summed E-state index contributed by atoms with van der Waals surface area (Å²) >= 11 is 0. The topological polar surface area (TPSA) is 62.5 Å². The minimum absolute atomic E-state index is 0.000859. The second kappa shape index (κ2) is 7.64. The number of carboxylic acids is 1. The molecular weight excluding hydrogens is 266 g/mol. The molecule has 0 saturated heterocycles. The maximum Gasteiger partial charge on any atom is 0.371 e. The van der Waals surface area contributed by atoms with Crippen LogP contribution in [-0.2, 0) is 6.42 Å². The van der Waals surface area contributed by atoms with Crippen molar-refractivity contribution in [3.63, 3.8) is 0 Å². The molecule has 2 aromatic rings. The van der Waals surface area contributed by atoms with Crippen LogP contribution >= 0.6 is 0 Å². The Hall–Kier alpha value is -2.07. The second-order valence-electron chi connectivity index (χ2n) is 5.20. The first-order valence-corrected chi connectivity index (χ1v) is 7.24. The molecular formula is C17H21NO3. The number of furan rings is 1. The maximum absolute atomic E-state index is 10.8. The predicted molar refractivity (Wildman–Crippen MR) is 81.7 cm³/mol. The normalized spacial score (nSPS) is 12.2. The number of nitrogens with one attached hydrogen (secondary N) is 1. The van der Waals surface area contributed by atoms with Gasteiger partial charge in [-0.2, -0.15) is 0 Å². The van der Waals surface area contributed by atoms with Gasteiger partial charge in [0.2, 0.25) is 5.76 Å². The van der Waals surface area contributed by atoms with E-state index >= 15 is 0 Å². The molecule has 0 radical (unpaired) electrons. The Kier molecular flexibility index (Phi) is 5.58. The van der Waals surface area contributed by atoms with Crippen molar-refractivity contribution in [2.45, 2.75) is 25.7 Å². The quantitative estimate of drug-likeness (QED) is 0.731. The summed E-state index contributed by atoms with van der Waals surface area (Å²) in [7, 11) is 0. The highest BCUT2D eigenvalue weighted by molar-refractivity contribution is 5.84. The van der Waals surface area contributed by atoms with Crippen LogP contribution in [0.5, 0.6) is 0 Å². The Morgan fingerprint density at radius 2 is 2.00 bits per heavy atom. The third-order valence-corrected chi connectivity index (χ3v) is 3.44. The van der Waals surface area contributed by atoms with Crippen molar-refractivity contribution in [3.8, 4) is 0 Å². The fraction of sp³-hybridized carbons (Fsp3) is 0.353. The second-order valence-corrected chi connectivity index (χ2v) is 5.20. The van der Waals surface area contributed by atoms with E-state index in [4.69, 9.17) is 9.52 Å². The van der Waals surface area contributed by atoms with Crippen LogP contribution in [0.25, 0.3) is 0 Å². The Morgan fingerprint density at radius 1 is 1.24 bits per heavy atom. The highest BCUT2D eigenvalue weighted by Crippen LogP contribution is 2.17. The van der Waals surface area contributed by atoms with E-state index < -0.39 is 5.97 Å². The molecule has 0 spiro atoms. The summed E-state index contributed by atoms with van der Waals surface area (Å²) in [5, 5.41) is 12.2. The Morgan fingerprint density at radius 3 is 2.67 bits per heavy atom. The van der Waals surface area contributed by atoms with E-state index in [1.165, 1.54) is 11.6 Å². The Labute approximate surface area is 124 Å². The molecule has 4 heteroatoms. The van der Waals surface area contributed by atoms with Gasteiger partial charge in [0, 0.05) is 12.5 Å². The standard InChI is InChI=1S/C17H21NO3/c1-13(15-9-10-16(21-15)17(19)20)12-18-11-5-8-14-6-3-2-4-7-14/h2-4,6-7,9-10,13,18H,5,8,11-12H2,1H3,(H,19,20). The predicted octanol–water partition coefficient (Wildman–Crippen LogP) is 3.30. The Balaban J connectivity index is 1.67. The smallest absolute Gasteiger partial charge is 0.371 e. The lowest BCUT2D eigenvalue weighted by atomic mass is 10.1. The number of hydrogen-bond donors (Lipinski definition) is 2. The summed E-state index contributed by atoms with van der Waals surface area (Å²) < 4.78 is 5.29. The van der Waals surface area contributed by atoms with Crippen molar-refractivity contribution in [3.05, 3.63) is 59.5 Å². The molecule has 21 heavy (non-hydrogen) atoms. The molecule has 0 bridgehead atoms. The lowest BCUT2D eigenvalue weighted by molar-refractivity contribution is 0.0660. The minimum atomic E-state index is -1.02. The monoisotopic (exact) mass is 287 g/mol. The number of carbonyl (C=O) groups is 1. The molecule has 0 aliphatic heterocycles. The van der Waals surface area contributed by atoms with Crippen molar-refractivity contribution >= 4 is 5.97 Å². The molecule has 112 valence electrons. The van der Waals surface area contributed by atoms with Gasteiger partial charge in [-0.3, -0.25) is 0 Å². The van der Waals surface area contributed by atoms with E-state index in [0.29, 0.717) is 5.76 Å². The van der Waals surface area contributed by atoms with Crippen LogP contribution in [0, 0.1) is 0 Å². The van der Waals surface area contributed by atoms with Gasteiger partial charge in [-0.25, -0.2) is 4.79 Å². The molecule has 1 aromatic heterocycles. The van der Waals surface area contributed by atoms with Crippen LogP contribution in [0.15, 0.2) is 46.9 Å². The fourth-order valence-electron chi connectivity index (χ4n) is 2.21. The molecule has 1 aromatic carbocycles. The van der Waals surface area contributed by atoms with E-state index in [1.54, 1.807) is 6.07 Å². The first-order valence-electron chi connectivity index (χ1n) is 7.24. The molecule has 0 fully saturated rings. The van der Waals surface area contributed by atoms with Crippen LogP contribution in [-0.4, -0.2) is 24.2 Å². The number of benzene rings is 1. The zero-order valence-electron chi connectivity index (χ0n) is 12.2. The molecule has 0 aliphatic carbocycles. The molecule has 4 nitrogen and oxygen atoms in total. The highest BCUT2D eigenvalue weighted by atomic mass is 16.4. The number of hydrogen-bond acceptors (Lipinski definition) is 3. The van der Waals surface area contributed by atoms with E-state index in [1.807, 2.05) is 13.0 Å². The molecule has 1 atom stereocenters. The van der Waals surface area contributed by atoms with Crippen LogP contribution in [0.2, 0.25) is 0 Å². The molecule has 2 rings (SSSR count). The van der Waals surface area contributed by atoms with Crippen molar-refractivity contribution < 1.29 is 14.3 Å². The van der Waals surface area contributed by atoms with Crippen LogP contribution < -0.4 is 5.32 Å². The molecule has 0 saturated carbocycles. The van der Waals surface area contributed by atoms with E-state index in [2.05, 4.69) is 29.6 Å². The van der Waals surface area contributed by atoms with Crippen molar-refractivity contribution in [1.82, 2.24) is 5.32 Å². The number of rotatable bonds is 8. The molecule has 1 heterocycles. The lowest BCUT2D eigenvalue weighted by Gasteiger charge is -2.10. The van der Waals surface area contributed by atoms with Crippen LogP contribution in [0.4, 0.5) is 0 Å².